The van der Waals surface area contributed by atoms with Gasteiger partial charge in [-0.2, -0.15) is 10.2 Å². The number of nitrogens with zero attached hydrogens (tertiary/aromatic N) is 7. The van der Waals surface area contributed by atoms with Gasteiger partial charge >= 0.3 is 0 Å². The van der Waals surface area contributed by atoms with Crippen molar-refractivity contribution in [1.29, 1.82) is 0 Å². The summed E-state index contributed by atoms with van der Waals surface area (Å²) in [5.41, 5.74) is 1.39. The molecule has 4 rings (SSSR count). The van der Waals surface area contributed by atoms with Crippen molar-refractivity contribution in [3.05, 3.63) is 30.5 Å². The molecule has 1 fully saturated rings. The minimum atomic E-state index is -0.0887. The van der Waals surface area contributed by atoms with E-state index in [1.54, 1.807) is 41.3 Å². The Labute approximate surface area is 144 Å². The summed E-state index contributed by atoms with van der Waals surface area (Å²) < 4.78 is 3.37. The van der Waals surface area contributed by atoms with E-state index in [-0.39, 0.29) is 11.9 Å². The van der Waals surface area contributed by atoms with Gasteiger partial charge in [-0.1, -0.05) is 0 Å². The molecule has 1 amide bonds. The predicted molar refractivity (Wildman–Crippen MR) is 92.2 cm³/mol. The fourth-order valence-electron chi connectivity index (χ4n) is 3.30. The summed E-state index contributed by atoms with van der Waals surface area (Å²) in [5.74, 6) is 0.785. The molecule has 1 N–H and O–H groups in total. The molecule has 0 aliphatic carbocycles. The Hall–Kier alpha value is -2.97. The van der Waals surface area contributed by atoms with Gasteiger partial charge in [0.25, 0.3) is 5.91 Å². The van der Waals surface area contributed by atoms with Gasteiger partial charge in [0.05, 0.1) is 23.3 Å². The van der Waals surface area contributed by atoms with E-state index in [4.69, 9.17) is 0 Å². The van der Waals surface area contributed by atoms with Gasteiger partial charge in [0.2, 0.25) is 0 Å². The van der Waals surface area contributed by atoms with E-state index in [0.29, 0.717) is 12.1 Å². The molecule has 0 spiro atoms. The zero-order chi connectivity index (χ0) is 17.4. The van der Waals surface area contributed by atoms with E-state index in [0.717, 1.165) is 36.2 Å². The van der Waals surface area contributed by atoms with Gasteiger partial charge in [-0.05, 0) is 12.8 Å². The third-order valence-electron chi connectivity index (χ3n) is 4.53. The van der Waals surface area contributed by atoms with Crippen LogP contribution in [0.15, 0.2) is 24.9 Å². The summed E-state index contributed by atoms with van der Waals surface area (Å²) in [6.45, 7) is 1.62. The van der Waals surface area contributed by atoms with Crippen LogP contribution in [0.2, 0.25) is 0 Å². The molecule has 0 bridgehead atoms. The van der Waals surface area contributed by atoms with Crippen LogP contribution in [-0.4, -0.2) is 54.6 Å². The normalized spacial score (nSPS) is 17.8. The molecule has 1 saturated heterocycles. The van der Waals surface area contributed by atoms with E-state index in [2.05, 4.69) is 30.4 Å². The van der Waals surface area contributed by atoms with Crippen LogP contribution >= 0.6 is 0 Å². The monoisotopic (exact) mass is 340 g/mol. The zero-order valence-electron chi connectivity index (χ0n) is 14.3. The van der Waals surface area contributed by atoms with Crippen LogP contribution in [0.5, 0.6) is 0 Å². The summed E-state index contributed by atoms with van der Waals surface area (Å²) in [5, 5.41) is 12.4. The lowest BCUT2D eigenvalue weighted by atomic mass is 10.0. The molecule has 0 radical (unpaired) electrons. The summed E-state index contributed by atoms with van der Waals surface area (Å²) in [6, 6.07) is 0.0724. The highest BCUT2D eigenvalue weighted by atomic mass is 16.1. The highest BCUT2D eigenvalue weighted by molar-refractivity contribution is 5.94. The number of rotatable bonds is 3. The average molecular weight is 340 g/mol. The second-order valence-corrected chi connectivity index (χ2v) is 6.36. The maximum atomic E-state index is 12.4. The third kappa shape index (κ3) is 2.92. The molecule has 3 aromatic heterocycles. The second-order valence-electron chi connectivity index (χ2n) is 6.36. The second kappa shape index (κ2) is 6.15. The number of amides is 1. The average Bonchev–Trinajstić information content (AvgIpc) is 3.21. The van der Waals surface area contributed by atoms with Gasteiger partial charge in [-0.25, -0.2) is 9.97 Å². The number of hydrogen-bond donors (Lipinski definition) is 1. The first kappa shape index (κ1) is 15.6. The first-order valence-electron chi connectivity index (χ1n) is 8.29. The predicted octanol–water partition coefficient (Wildman–Crippen LogP) is 0.496. The van der Waals surface area contributed by atoms with Gasteiger partial charge in [-0.15, -0.1) is 0 Å². The van der Waals surface area contributed by atoms with Crippen molar-refractivity contribution in [2.24, 2.45) is 14.1 Å². The molecule has 1 atom stereocenters. The lowest BCUT2D eigenvalue weighted by molar-refractivity contribution is 0.0933. The number of aryl methyl sites for hydroxylation is 2. The van der Waals surface area contributed by atoms with E-state index in [1.165, 1.54) is 0 Å². The van der Waals surface area contributed by atoms with Crippen LogP contribution < -0.4 is 10.2 Å². The Bertz CT molecular complexity index is 914. The highest BCUT2D eigenvalue weighted by Gasteiger charge is 2.25. The topological polar surface area (TPSA) is 93.8 Å². The SMILES string of the molecule is Cn1cc(C(=O)NC2CCCN(c3ncnc4c3cnn4C)C2)cn1. The summed E-state index contributed by atoms with van der Waals surface area (Å²) in [6.07, 6.45) is 8.60. The third-order valence-corrected chi connectivity index (χ3v) is 4.53. The number of hydrogen-bond acceptors (Lipinski definition) is 6. The molecule has 9 heteroatoms. The zero-order valence-corrected chi connectivity index (χ0v) is 14.3. The Morgan fingerprint density at radius 3 is 2.92 bits per heavy atom. The highest BCUT2D eigenvalue weighted by Crippen LogP contribution is 2.25. The van der Waals surface area contributed by atoms with Crippen LogP contribution in [-0.2, 0) is 14.1 Å². The first-order valence-corrected chi connectivity index (χ1v) is 8.29. The first-order chi connectivity index (χ1) is 12.1. The minimum Gasteiger partial charge on any atom is -0.354 e. The summed E-state index contributed by atoms with van der Waals surface area (Å²) >= 11 is 0. The number of fused-ring (bicyclic) bond motifs is 1. The number of piperidine rings is 1. The summed E-state index contributed by atoms with van der Waals surface area (Å²) in [7, 11) is 3.67. The van der Waals surface area contributed by atoms with Crippen molar-refractivity contribution in [3.63, 3.8) is 0 Å². The van der Waals surface area contributed by atoms with E-state index in [9.17, 15) is 4.79 Å². The molecule has 3 aromatic rings. The van der Waals surface area contributed by atoms with Crippen molar-refractivity contribution < 1.29 is 4.79 Å². The van der Waals surface area contributed by atoms with E-state index in [1.807, 2.05) is 7.05 Å². The number of aromatic nitrogens is 6. The Balaban J connectivity index is 1.51. The quantitative estimate of drug-likeness (QED) is 0.746. The molecule has 1 aliphatic heterocycles. The molecule has 9 nitrogen and oxygen atoms in total. The fraction of sp³-hybridized carbons (Fsp3) is 0.438. The Morgan fingerprint density at radius 1 is 1.24 bits per heavy atom. The maximum Gasteiger partial charge on any atom is 0.254 e. The number of carbonyl (C=O) groups is 1. The molecule has 4 heterocycles. The van der Waals surface area contributed by atoms with Gasteiger partial charge in [0.1, 0.15) is 12.1 Å². The molecule has 1 unspecified atom stereocenters. The molecule has 1 aliphatic rings. The Kier molecular flexibility index (Phi) is 3.83. The lowest BCUT2D eigenvalue weighted by Crippen LogP contribution is -2.48. The van der Waals surface area contributed by atoms with Crippen molar-refractivity contribution >= 4 is 22.8 Å². The van der Waals surface area contributed by atoms with Crippen LogP contribution in [0.1, 0.15) is 23.2 Å². The molecular formula is C16H20N8O. The van der Waals surface area contributed by atoms with Crippen LogP contribution in [0.3, 0.4) is 0 Å². The maximum absolute atomic E-state index is 12.4. The van der Waals surface area contributed by atoms with Gasteiger partial charge in [0.15, 0.2) is 5.65 Å². The largest absolute Gasteiger partial charge is 0.354 e. The lowest BCUT2D eigenvalue weighted by Gasteiger charge is -2.34. The van der Waals surface area contributed by atoms with Crippen molar-refractivity contribution in [1.82, 2.24) is 34.8 Å². The van der Waals surface area contributed by atoms with E-state index < -0.39 is 0 Å². The Morgan fingerprint density at radius 2 is 2.12 bits per heavy atom. The molecule has 0 saturated carbocycles. The molecule has 130 valence electrons. The molecule has 25 heavy (non-hydrogen) atoms. The van der Waals surface area contributed by atoms with Crippen LogP contribution in [0.25, 0.3) is 11.0 Å². The minimum absolute atomic E-state index is 0.0724. The van der Waals surface area contributed by atoms with E-state index >= 15 is 0 Å². The number of nitrogens with one attached hydrogen (secondary N) is 1. The number of anilines is 1. The smallest absolute Gasteiger partial charge is 0.254 e. The standard InChI is InChI=1S/C16H20N8O/c1-22-8-11(6-19-22)16(25)21-12-4-3-5-24(9-12)15-13-7-20-23(2)14(13)17-10-18-15/h6-8,10,12H,3-5,9H2,1-2H3,(H,21,25). The van der Waals surface area contributed by atoms with Crippen LogP contribution in [0, 0.1) is 0 Å². The van der Waals surface area contributed by atoms with Crippen LogP contribution in [0.4, 0.5) is 5.82 Å². The number of carbonyl (C=O) groups excluding carboxylic acids is 1. The van der Waals surface area contributed by atoms with Gasteiger partial charge in [0, 0.05) is 39.4 Å². The fourth-order valence-corrected chi connectivity index (χ4v) is 3.30. The summed E-state index contributed by atoms with van der Waals surface area (Å²) in [4.78, 5) is 23.3. The molecular weight excluding hydrogens is 320 g/mol. The van der Waals surface area contributed by atoms with Crippen molar-refractivity contribution in [2.75, 3.05) is 18.0 Å². The van der Waals surface area contributed by atoms with Crippen molar-refractivity contribution in [2.45, 2.75) is 18.9 Å². The van der Waals surface area contributed by atoms with Gasteiger partial charge < -0.3 is 10.2 Å². The van der Waals surface area contributed by atoms with Gasteiger partial charge in [-0.3, -0.25) is 14.2 Å². The van der Waals surface area contributed by atoms with Crippen molar-refractivity contribution in [3.8, 4) is 0 Å². The molecule has 0 aromatic carbocycles.